The van der Waals surface area contributed by atoms with Crippen LogP contribution in [0.4, 0.5) is 0 Å². The quantitative estimate of drug-likeness (QED) is 0.440. The maximum Gasteiger partial charge on any atom is 0.367 e. The molecule has 0 aromatic heterocycles. The second-order valence-corrected chi connectivity index (χ2v) is 2.23. The topological polar surface area (TPSA) is 52.1 Å². The van der Waals surface area contributed by atoms with Crippen LogP contribution < -0.4 is 5.32 Å². The predicted molar refractivity (Wildman–Crippen MR) is 33.4 cm³/mol. The van der Waals surface area contributed by atoms with Crippen LogP contribution in [0.2, 0.25) is 0 Å². The van der Waals surface area contributed by atoms with Crippen LogP contribution in [0.15, 0.2) is 0 Å². The number of esters is 1. The summed E-state index contributed by atoms with van der Waals surface area (Å²) in [6, 6.07) is -0.140. The van der Waals surface area contributed by atoms with Crippen molar-refractivity contribution >= 4 is 5.97 Å². The molecule has 0 aromatic carbocycles. The molecule has 58 valence electrons. The molecule has 1 unspecified atom stereocenters. The van der Waals surface area contributed by atoms with Gasteiger partial charge < -0.3 is 14.8 Å². The number of nitrogens with two attached hydrogens (primary N) is 1. The van der Waals surface area contributed by atoms with Crippen molar-refractivity contribution in [2.45, 2.75) is 6.04 Å². The van der Waals surface area contributed by atoms with Crippen molar-refractivity contribution in [3.63, 3.8) is 0 Å². The average molecular weight is 146 g/mol. The van der Waals surface area contributed by atoms with Gasteiger partial charge in [-0.3, -0.25) is 0 Å². The molecule has 1 saturated heterocycles. The Bertz CT molecular complexity index is 120. The van der Waals surface area contributed by atoms with Gasteiger partial charge in [-0.25, -0.2) is 4.79 Å². The van der Waals surface area contributed by atoms with Gasteiger partial charge in [-0.1, -0.05) is 0 Å². The van der Waals surface area contributed by atoms with E-state index in [-0.39, 0.29) is 12.0 Å². The highest BCUT2D eigenvalue weighted by atomic mass is 16.5. The number of hydrogen-bond donors (Lipinski definition) is 1. The fourth-order valence-electron chi connectivity index (χ4n) is 0.947. The Morgan fingerprint density at radius 2 is 2.60 bits per heavy atom. The molecule has 0 bridgehead atoms. The van der Waals surface area contributed by atoms with Gasteiger partial charge in [0.25, 0.3) is 0 Å². The SMILES string of the molecule is COC(=O)C1COCC[NH2+]1. The van der Waals surface area contributed by atoms with Gasteiger partial charge in [0, 0.05) is 0 Å². The summed E-state index contributed by atoms with van der Waals surface area (Å²) >= 11 is 0. The summed E-state index contributed by atoms with van der Waals surface area (Å²) in [5, 5.41) is 1.94. The number of ether oxygens (including phenoxy) is 2. The Morgan fingerprint density at radius 3 is 3.10 bits per heavy atom. The molecule has 1 rings (SSSR count). The Hall–Kier alpha value is -0.610. The summed E-state index contributed by atoms with van der Waals surface area (Å²) in [5.74, 6) is -0.195. The smallest absolute Gasteiger partial charge is 0.367 e. The minimum Gasteiger partial charge on any atom is -0.465 e. The lowest BCUT2D eigenvalue weighted by molar-refractivity contribution is -0.693. The van der Waals surface area contributed by atoms with E-state index in [2.05, 4.69) is 4.74 Å². The molecular weight excluding hydrogens is 134 g/mol. The highest BCUT2D eigenvalue weighted by Crippen LogP contribution is 1.87. The van der Waals surface area contributed by atoms with Gasteiger partial charge in [-0.15, -0.1) is 0 Å². The summed E-state index contributed by atoms with van der Waals surface area (Å²) < 4.78 is 9.61. The van der Waals surface area contributed by atoms with Crippen molar-refractivity contribution < 1.29 is 19.6 Å². The third-order valence-electron chi connectivity index (χ3n) is 1.51. The van der Waals surface area contributed by atoms with E-state index in [1.54, 1.807) is 0 Å². The minimum absolute atomic E-state index is 0.140. The van der Waals surface area contributed by atoms with E-state index in [1.807, 2.05) is 5.32 Å². The van der Waals surface area contributed by atoms with Crippen molar-refractivity contribution in [1.82, 2.24) is 0 Å². The summed E-state index contributed by atoms with van der Waals surface area (Å²) in [6.45, 7) is 2.06. The van der Waals surface area contributed by atoms with Crippen LogP contribution in [-0.4, -0.2) is 38.9 Å². The van der Waals surface area contributed by atoms with E-state index in [9.17, 15) is 4.79 Å². The van der Waals surface area contributed by atoms with Gasteiger partial charge in [-0.05, 0) is 0 Å². The molecule has 0 saturated carbocycles. The van der Waals surface area contributed by atoms with E-state index in [1.165, 1.54) is 7.11 Å². The second-order valence-electron chi connectivity index (χ2n) is 2.23. The molecule has 1 aliphatic heterocycles. The maximum atomic E-state index is 10.8. The monoisotopic (exact) mass is 146 g/mol. The number of hydrogen-bond acceptors (Lipinski definition) is 3. The highest BCUT2D eigenvalue weighted by molar-refractivity contribution is 5.74. The first-order valence-electron chi connectivity index (χ1n) is 3.33. The predicted octanol–water partition coefficient (Wildman–Crippen LogP) is -1.88. The first kappa shape index (κ1) is 7.50. The molecule has 0 aromatic rings. The zero-order valence-corrected chi connectivity index (χ0v) is 6.00. The number of quaternary nitrogens is 1. The summed E-state index contributed by atoms with van der Waals surface area (Å²) in [6.07, 6.45) is 0. The number of carbonyl (C=O) groups excluding carboxylic acids is 1. The zero-order chi connectivity index (χ0) is 7.40. The zero-order valence-electron chi connectivity index (χ0n) is 6.00. The molecule has 0 amide bonds. The molecule has 0 radical (unpaired) electrons. The fraction of sp³-hybridized carbons (Fsp3) is 0.833. The third-order valence-corrected chi connectivity index (χ3v) is 1.51. The van der Waals surface area contributed by atoms with Crippen LogP contribution in [0.3, 0.4) is 0 Å². The van der Waals surface area contributed by atoms with Crippen molar-refractivity contribution in [3.8, 4) is 0 Å². The van der Waals surface area contributed by atoms with Crippen LogP contribution >= 0.6 is 0 Å². The highest BCUT2D eigenvalue weighted by Gasteiger charge is 2.25. The largest absolute Gasteiger partial charge is 0.465 e. The molecule has 1 atom stereocenters. The van der Waals surface area contributed by atoms with Crippen LogP contribution in [0.1, 0.15) is 0 Å². The van der Waals surface area contributed by atoms with Gasteiger partial charge in [0.2, 0.25) is 6.04 Å². The standard InChI is InChI=1S/C6H11NO3/c1-9-6(8)5-4-10-3-2-7-5/h5,7H,2-4H2,1H3/p+1. The molecule has 1 fully saturated rings. The number of carbonyl (C=O) groups is 1. The van der Waals surface area contributed by atoms with Crippen LogP contribution in [0, 0.1) is 0 Å². The van der Waals surface area contributed by atoms with Gasteiger partial charge in [0.1, 0.15) is 6.61 Å². The first-order valence-corrected chi connectivity index (χ1v) is 3.33. The lowest BCUT2D eigenvalue weighted by Gasteiger charge is -2.17. The van der Waals surface area contributed by atoms with E-state index in [4.69, 9.17) is 4.74 Å². The fourth-order valence-corrected chi connectivity index (χ4v) is 0.947. The summed E-state index contributed by atoms with van der Waals surface area (Å²) in [4.78, 5) is 10.8. The maximum absolute atomic E-state index is 10.8. The normalized spacial score (nSPS) is 25.9. The van der Waals surface area contributed by atoms with E-state index in [0.717, 1.165) is 13.2 Å². The molecule has 1 heterocycles. The molecular formula is C6H12NO3+. The lowest BCUT2D eigenvalue weighted by atomic mass is 10.3. The number of methoxy groups -OCH3 is 1. The lowest BCUT2D eigenvalue weighted by Crippen LogP contribution is -2.95. The van der Waals surface area contributed by atoms with E-state index in [0.29, 0.717) is 6.61 Å². The Labute approximate surface area is 59.5 Å². The summed E-state index contributed by atoms with van der Waals surface area (Å²) in [5.41, 5.74) is 0. The van der Waals surface area contributed by atoms with Crippen LogP contribution in [0.5, 0.6) is 0 Å². The number of rotatable bonds is 1. The molecule has 1 aliphatic rings. The Kier molecular flexibility index (Phi) is 2.65. The molecule has 10 heavy (non-hydrogen) atoms. The van der Waals surface area contributed by atoms with Crippen molar-refractivity contribution in [2.24, 2.45) is 0 Å². The van der Waals surface area contributed by atoms with Crippen molar-refractivity contribution in [3.05, 3.63) is 0 Å². The molecule has 0 spiro atoms. The van der Waals surface area contributed by atoms with Gasteiger partial charge >= 0.3 is 5.97 Å². The Morgan fingerprint density at radius 1 is 1.80 bits per heavy atom. The summed E-state index contributed by atoms with van der Waals surface area (Å²) in [7, 11) is 1.39. The number of morpholine rings is 1. The first-order chi connectivity index (χ1) is 4.84. The third kappa shape index (κ3) is 1.68. The van der Waals surface area contributed by atoms with Crippen LogP contribution in [-0.2, 0) is 14.3 Å². The molecule has 0 aliphatic carbocycles. The molecule has 4 nitrogen and oxygen atoms in total. The average Bonchev–Trinajstić information content (AvgIpc) is 2.05. The Balaban J connectivity index is 2.31. The van der Waals surface area contributed by atoms with Crippen LogP contribution in [0.25, 0.3) is 0 Å². The van der Waals surface area contributed by atoms with Gasteiger partial charge in [-0.2, -0.15) is 0 Å². The van der Waals surface area contributed by atoms with Crippen molar-refractivity contribution in [2.75, 3.05) is 26.9 Å². The second kappa shape index (κ2) is 3.53. The van der Waals surface area contributed by atoms with Gasteiger partial charge in [0.15, 0.2) is 0 Å². The van der Waals surface area contributed by atoms with E-state index >= 15 is 0 Å². The van der Waals surface area contributed by atoms with Gasteiger partial charge in [0.05, 0.1) is 20.3 Å². The van der Waals surface area contributed by atoms with E-state index < -0.39 is 0 Å². The van der Waals surface area contributed by atoms with Crippen molar-refractivity contribution in [1.29, 1.82) is 0 Å². The molecule has 2 N–H and O–H groups in total. The molecule has 4 heteroatoms. The minimum atomic E-state index is -0.195.